The monoisotopic (exact) mass is 263 g/mol. The van der Waals surface area contributed by atoms with Gasteiger partial charge < -0.3 is 10.8 Å². The number of rotatable bonds is 6. The number of carbonyl (C=O) groups is 1. The molecule has 19 heavy (non-hydrogen) atoms. The van der Waals surface area contributed by atoms with E-state index in [0.29, 0.717) is 5.92 Å². The van der Waals surface area contributed by atoms with Crippen LogP contribution in [0.15, 0.2) is 30.3 Å². The van der Waals surface area contributed by atoms with Gasteiger partial charge in [0.25, 0.3) is 0 Å². The highest BCUT2D eigenvalue weighted by molar-refractivity contribution is 5.69. The minimum atomic E-state index is -0.803. The third-order valence-corrected chi connectivity index (χ3v) is 3.77. The fourth-order valence-electron chi connectivity index (χ4n) is 2.87. The number of hydrogen-bond acceptors (Lipinski definition) is 2. The quantitative estimate of drug-likeness (QED) is 0.828. The maximum atomic E-state index is 11.4. The van der Waals surface area contributed by atoms with Crippen LogP contribution >= 0.6 is 0 Å². The maximum Gasteiger partial charge on any atom is 0.304 e. The largest absolute Gasteiger partial charge is 0.481 e. The summed E-state index contributed by atoms with van der Waals surface area (Å²) in [7, 11) is 0. The fourth-order valence-corrected chi connectivity index (χ4v) is 2.87. The summed E-state index contributed by atoms with van der Waals surface area (Å²) < 4.78 is 0. The highest BCUT2D eigenvalue weighted by Gasteiger charge is 2.45. The molecule has 1 rings (SSSR count). The highest BCUT2D eigenvalue weighted by atomic mass is 16.4. The topological polar surface area (TPSA) is 63.3 Å². The predicted octanol–water partition coefficient (Wildman–Crippen LogP) is 3.18. The van der Waals surface area contributed by atoms with Gasteiger partial charge >= 0.3 is 5.97 Å². The van der Waals surface area contributed by atoms with Gasteiger partial charge in [0.05, 0.1) is 6.42 Å². The molecule has 1 unspecified atom stereocenters. The summed E-state index contributed by atoms with van der Waals surface area (Å²) in [4.78, 5) is 11.4. The second kappa shape index (κ2) is 5.74. The molecule has 0 aliphatic heterocycles. The summed E-state index contributed by atoms with van der Waals surface area (Å²) in [6.07, 6.45) is 0.811. The molecule has 0 aromatic heterocycles. The van der Waals surface area contributed by atoms with Crippen LogP contribution < -0.4 is 5.73 Å². The molecule has 0 radical (unpaired) electrons. The van der Waals surface area contributed by atoms with Crippen molar-refractivity contribution in [3.63, 3.8) is 0 Å². The number of benzene rings is 1. The van der Waals surface area contributed by atoms with Crippen molar-refractivity contribution in [1.82, 2.24) is 0 Å². The molecule has 0 amide bonds. The Morgan fingerprint density at radius 3 is 2.16 bits per heavy atom. The molecule has 0 aliphatic carbocycles. The Bertz CT molecular complexity index is 420. The fraction of sp³-hybridized carbons (Fsp3) is 0.562. The van der Waals surface area contributed by atoms with E-state index in [0.717, 1.165) is 12.0 Å². The summed E-state index contributed by atoms with van der Waals surface area (Å²) in [6.45, 7) is 8.05. The zero-order valence-electron chi connectivity index (χ0n) is 12.3. The molecule has 0 heterocycles. The number of hydrogen-bond donors (Lipinski definition) is 2. The van der Waals surface area contributed by atoms with Crippen LogP contribution in [0.2, 0.25) is 0 Å². The van der Waals surface area contributed by atoms with Crippen molar-refractivity contribution in [2.24, 2.45) is 11.7 Å². The lowest BCUT2D eigenvalue weighted by molar-refractivity contribution is -0.139. The van der Waals surface area contributed by atoms with Crippen LogP contribution in [0.3, 0.4) is 0 Å². The van der Waals surface area contributed by atoms with Crippen molar-refractivity contribution in [2.75, 3.05) is 0 Å². The van der Waals surface area contributed by atoms with E-state index in [1.807, 2.05) is 44.2 Å². The molecule has 0 fully saturated rings. The minimum absolute atomic E-state index is 0.0543. The average Bonchev–Trinajstić information content (AvgIpc) is 2.26. The molecule has 0 spiro atoms. The van der Waals surface area contributed by atoms with E-state index in [2.05, 4.69) is 13.8 Å². The Morgan fingerprint density at radius 1 is 1.26 bits per heavy atom. The van der Waals surface area contributed by atoms with Gasteiger partial charge in [-0.3, -0.25) is 4.79 Å². The first-order valence-corrected chi connectivity index (χ1v) is 6.75. The molecule has 0 aliphatic rings. The van der Waals surface area contributed by atoms with E-state index >= 15 is 0 Å². The van der Waals surface area contributed by atoms with Crippen molar-refractivity contribution >= 4 is 5.97 Å². The molecule has 3 heteroatoms. The number of aliphatic carboxylic acids is 1. The van der Waals surface area contributed by atoms with Gasteiger partial charge in [0.1, 0.15) is 0 Å². The molecule has 106 valence electrons. The van der Waals surface area contributed by atoms with Crippen molar-refractivity contribution in [3.05, 3.63) is 35.9 Å². The molecule has 0 saturated carbocycles. The average molecular weight is 263 g/mol. The van der Waals surface area contributed by atoms with Gasteiger partial charge in [0.15, 0.2) is 0 Å². The second-order valence-electron chi connectivity index (χ2n) is 6.34. The molecule has 3 N–H and O–H groups in total. The lowest BCUT2D eigenvalue weighted by atomic mass is 9.61. The predicted molar refractivity (Wildman–Crippen MR) is 78.1 cm³/mol. The summed E-state index contributed by atoms with van der Waals surface area (Å²) in [6, 6.07) is 9.80. The molecular formula is C16H25NO2. The van der Waals surface area contributed by atoms with Crippen LogP contribution in [-0.2, 0) is 10.2 Å². The van der Waals surface area contributed by atoms with E-state index in [1.54, 1.807) is 0 Å². The highest BCUT2D eigenvalue weighted by Crippen LogP contribution is 2.42. The third-order valence-electron chi connectivity index (χ3n) is 3.77. The molecule has 0 saturated heterocycles. The van der Waals surface area contributed by atoms with Crippen molar-refractivity contribution in [3.8, 4) is 0 Å². The van der Waals surface area contributed by atoms with E-state index in [4.69, 9.17) is 5.73 Å². The van der Waals surface area contributed by atoms with Gasteiger partial charge in [0.2, 0.25) is 0 Å². The zero-order valence-corrected chi connectivity index (χ0v) is 12.3. The first-order valence-electron chi connectivity index (χ1n) is 6.75. The van der Waals surface area contributed by atoms with Gasteiger partial charge in [-0.1, -0.05) is 44.2 Å². The van der Waals surface area contributed by atoms with Gasteiger partial charge in [0, 0.05) is 11.0 Å². The Morgan fingerprint density at radius 2 is 1.79 bits per heavy atom. The van der Waals surface area contributed by atoms with Gasteiger partial charge in [-0.05, 0) is 31.7 Å². The lowest BCUT2D eigenvalue weighted by Gasteiger charge is -2.45. The Hall–Kier alpha value is -1.35. The van der Waals surface area contributed by atoms with E-state index in [9.17, 15) is 9.90 Å². The minimum Gasteiger partial charge on any atom is -0.481 e. The van der Waals surface area contributed by atoms with Crippen LogP contribution in [0.1, 0.15) is 46.1 Å². The first-order chi connectivity index (χ1) is 8.69. The molecule has 1 atom stereocenters. The van der Waals surface area contributed by atoms with E-state index in [1.165, 1.54) is 0 Å². The Kier molecular flexibility index (Phi) is 4.75. The van der Waals surface area contributed by atoms with Crippen LogP contribution in [0.4, 0.5) is 0 Å². The molecular weight excluding hydrogens is 238 g/mol. The van der Waals surface area contributed by atoms with Crippen LogP contribution in [0, 0.1) is 5.92 Å². The van der Waals surface area contributed by atoms with Crippen molar-refractivity contribution in [2.45, 2.75) is 51.5 Å². The summed E-state index contributed by atoms with van der Waals surface area (Å²) in [5, 5.41) is 9.33. The van der Waals surface area contributed by atoms with Crippen LogP contribution in [-0.4, -0.2) is 16.6 Å². The smallest absolute Gasteiger partial charge is 0.304 e. The zero-order chi connectivity index (χ0) is 14.7. The molecule has 1 aromatic carbocycles. The first kappa shape index (κ1) is 15.7. The molecule has 0 bridgehead atoms. The lowest BCUT2D eigenvalue weighted by Crippen LogP contribution is -2.55. The summed E-state index contributed by atoms with van der Waals surface area (Å²) >= 11 is 0. The van der Waals surface area contributed by atoms with Crippen LogP contribution in [0.25, 0.3) is 0 Å². The van der Waals surface area contributed by atoms with E-state index < -0.39 is 16.9 Å². The molecule has 1 aromatic rings. The SMILES string of the molecule is CC(C)CC(CC(=O)O)(c1ccccc1)C(C)(C)N. The summed E-state index contributed by atoms with van der Waals surface area (Å²) in [5.74, 6) is -0.426. The Balaban J connectivity index is 3.38. The third kappa shape index (κ3) is 3.57. The Labute approximate surface area is 115 Å². The van der Waals surface area contributed by atoms with Gasteiger partial charge in [-0.2, -0.15) is 0 Å². The molecule has 3 nitrogen and oxygen atoms in total. The standard InChI is InChI=1S/C16H25NO2/c1-12(2)10-16(11-14(18)19,15(3,4)17)13-8-6-5-7-9-13/h5-9,12H,10-11,17H2,1-4H3,(H,18,19). The number of nitrogens with two attached hydrogens (primary N) is 1. The maximum absolute atomic E-state index is 11.4. The van der Waals surface area contributed by atoms with Crippen molar-refractivity contribution in [1.29, 1.82) is 0 Å². The van der Waals surface area contributed by atoms with E-state index in [-0.39, 0.29) is 6.42 Å². The van der Waals surface area contributed by atoms with Crippen molar-refractivity contribution < 1.29 is 9.90 Å². The second-order valence-corrected chi connectivity index (χ2v) is 6.34. The van der Waals surface area contributed by atoms with Gasteiger partial charge in [-0.15, -0.1) is 0 Å². The van der Waals surface area contributed by atoms with Gasteiger partial charge in [-0.25, -0.2) is 0 Å². The number of carboxylic acid groups (broad SMARTS) is 1. The summed E-state index contributed by atoms with van der Waals surface area (Å²) in [5.41, 5.74) is 6.25. The number of carboxylic acids is 1. The normalized spacial score (nSPS) is 15.3. The van der Waals surface area contributed by atoms with Crippen LogP contribution in [0.5, 0.6) is 0 Å².